The highest BCUT2D eigenvalue weighted by Crippen LogP contribution is 2.32. The van der Waals surface area contributed by atoms with Gasteiger partial charge in [0.1, 0.15) is 5.69 Å². The average molecular weight is 431 g/mol. The molecular formula is C21H20F3N5O2. The highest BCUT2D eigenvalue weighted by molar-refractivity contribution is 5.71. The summed E-state index contributed by atoms with van der Waals surface area (Å²) < 4.78 is 45.9. The van der Waals surface area contributed by atoms with Crippen LogP contribution in [0.25, 0.3) is 11.3 Å². The summed E-state index contributed by atoms with van der Waals surface area (Å²) in [6.45, 7) is 2.71. The smallest absolute Gasteiger partial charge is 0.408 e. The minimum absolute atomic E-state index is 0.00349. The van der Waals surface area contributed by atoms with E-state index in [9.17, 15) is 18.0 Å². The Morgan fingerprint density at radius 2 is 1.94 bits per heavy atom. The van der Waals surface area contributed by atoms with Crippen LogP contribution < -0.4 is 4.74 Å². The summed E-state index contributed by atoms with van der Waals surface area (Å²) in [5.41, 5.74) is 0.639. The van der Waals surface area contributed by atoms with Crippen molar-refractivity contribution in [1.29, 1.82) is 0 Å². The summed E-state index contributed by atoms with van der Waals surface area (Å²) in [5, 5.41) is 8.14. The lowest BCUT2D eigenvalue weighted by Gasteiger charge is -2.31. The number of pyridine rings is 1. The predicted octanol–water partition coefficient (Wildman–Crippen LogP) is 4.50. The zero-order chi connectivity index (χ0) is 22.0. The zero-order valence-electron chi connectivity index (χ0n) is 16.7. The van der Waals surface area contributed by atoms with Gasteiger partial charge in [-0.05, 0) is 44.0 Å². The van der Waals surface area contributed by atoms with Crippen LogP contribution in [0, 0.1) is 6.92 Å². The molecule has 1 fully saturated rings. The number of nitrogens with zero attached hydrogens (tertiary/aromatic N) is 5. The second-order valence-corrected chi connectivity index (χ2v) is 7.34. The van der Waals surface area contributed by atoms with Crippen LogP contribution in [-0.2, 0) is 6.18 Å². The lowest BCUT2D eigenvalue weighted by Crippen LogP contribution is -2.40. The molecule has 1 aliphatic heterocycles. The molecule has 0 atom stereocenters. The van der Waals surface area contributed by atoms with Crippen LogP contribution in [0.5, 0.6) is 5.75 Å². The van der Waals surface area contributed by atoms with Gasteiger partial charge >= 0.3 is 12.3 Å². The number of hydrogen-bond donors (Lipinski definition) is 0. The Morgan fingerprint density at radius 1 is 1.16 bits per heavy atom. The molecule has 0 saturated carbocycles. The van der Waals surface area contributed by atoms with E-state index in [2.05, 4.69) is 15.3 Å². The molecule has 0 bridgehead atoms. The number of ether oxygens (including phenoxy) is 1. The molecular weight excluding hydrogens is 411 g/mol. The van der Waals surface area contributed by atoms with Crippen molar-refractivity contribution in [3.63, 3.8) is 0 Å². The molecule has 3 aromatic rings. The summed E-state index contributed by atoms with van der Waals surface area (Å²) in [6, 6.07) is 8.40. The molecule has 1 aliphatic rings. The quantitative estimate of drug-likeness (QED) is 0.610. The van der Waals surface area contributed by atoms with E-state index in [0.29, 0.717) is 48.6 Å². The van der Waals surface area contributed by atoms with Crippen LogP contribution in [0.1, 0.15) is 30.1 Å². The fourth-order valence-corrected chi connectivity index (χ4v) is 3.49. The molecule has 0 radical (unpaired) electrons. The number of rotatable bonds is 3. The molecule has 1 amide bonds. The summed E-state index contributed by atoms with van der Waals surface area (Å²) in [4.78, 5) is 18.1. The molecule has 1 aromatic carbocycles. The highest BCUT2D eigenvalue weighted by atomic mass is 19.4. The number of halogens is 3. The van der Waals surface area contributed by atoms with Gasteiger partial charge in [-0.15, -0.1) is 5.10 Å². The fraction of sp³-hybridized carbons (Fsp3) is 0.333. The monoisotopic (exact) mass is 431 g/mol. The van der Waals surface area contributed by atoms with Crippen molar-refractivity contribution in [3.05, 3.63) is 60.0 Å². The van der Waals surface area contributed by atoms with Gasteiger partial charge in [-0.1, -0.05) is 17.3 Å². The van der Waals surface area contributed by atoms with E-state index in [4.69, 9.17) is 4.74 Å². The van der Waals surface area contributed by atoms with Gasteiger partial charge in [0.25, 0.3) is 0 Å². The molecule has 3 heterocycles. The fourth-order valence-electron chi connectivity index (χ4n) is 3.49. The van der Waals surface area contributed by atoms with Crippen LogP contribution in [0.2, 0.25) is 0 Å². The Balaban J connectivity index is 1.38. The van der Waals surface area contributed by atoms with Gasteiger partial charge in [0, 0.05) is 24.8 Å². The van der Waals surface area contributed by atoms with Crippen LogP contribution in [0.4, 0.5) is 18.0 Å². The molecule has 7 nitrogen and oxygen atoms in total. The van der Waals surface area contributed by atoms with Crippen molar-refractivity contribution >= 4 is 6.09 Å². The van der Waals surface area contributed by atoms with Gasteiger partial charge in [0.15, 0.2) is 5.75 Å². The number of hydrogen-bond acceptors (Lipinski definition) is 5. The summed E-state index contributed by atoms with van der Waals surface area (Å²) in [7, 11) is 0. The van der Waals surface area contributed by atoms with Gasteiger partial charge in [-0.2, -0.15) is 13.2 Å². The number of alkyl halides is 3. The van der Waals surface area contributed by atoms with Crippen LogP contribution in [-0.4, -0.2) is 44.1 Å². The minimum Gasteiger partial charge on any atom is -0.408 e. The highest BCUT2D eigenvalue weighted by Gasteiger charge is 2.31. The molecule has 4 rings (SSSR count). The summed E-state index contributed by atoms with van der Waals surface area (Å²) >= 11 is 0. The lowest BCUT2D eigenvalue weighted by molar-refractivity contribution is -0.137. The lowest BCUT2D eigenvalue weighted by atomic mass is 10.1. The van der Waals surface area contributed by atoms with E-state index in [1.807, 2.05) is 0 Å². The van der Waals surface area contributed by atoms with Gasteiger partial charge < -0.3 is 9.64 Å². The van der Waals surface area contributed by atoms with E-state index in [1.54, 1.807) is 47.1 Å². The Morgan fingerprint density at radius 3 is 2.65 bits per heavy atom. The van der Waals surface area contributed by atoms with Crippen LogP contribution >= 0.6 is 0 Å². The largest absolute Gasteiger partial charge is 0.416 e. The SMILES string of the molecule is Cc1ncccc1OC(=O)N1CCC(n2cc(-c3cccc(C(F)(F)F)c3)nn2)CC1. The normalized spacial score (nSPS) is 15.2. The van der Waals surface area contributed by atoms with Crippen molar-refractivity contribution in [2.45, 2.75) is 32.0 Å². The van der Waals surface area contributed by atoms with Gasteiger partial charge in [-0.25, -0.2) is 9.48 Å². The number of amides is 1. The maximum Gasteiger partial charge on any atom is 0.416 e. The van der Waals surface area contributed by atoms with Crippen LogP contribution in [0.15, 0.2) is 48.8 Å². The maximum atomic E-state index is 13.0. The van der Waals surface area contributed by atoms with E-state index in [1.165, 1.54) is 6.07 Å². The van der Waals surface area contributed by atoms with E-state index >= 15 is 0 Å². The molecule has 31 heavy (non-hydrogen) atoms. The van der Waals surface area contributed by atoms with E-state index < -0.39 is 17.8 Å². The second-order valence-electron chi connectivity index (χ2n) is 7.34. The first kappa shape index (κ1) is 20.8. The first-order chi connectivity index (χ1) is 14.8. The van der Waals surface area contributed by atoms with Crippen molar-refractivity contribution in [1.82, 2.24) is 24.9 Å². The van der Waals surface area contributed by atoms with Crippen molar-refractivity contribution < 1.29 is 22.7 Å². The average Bonchev–Trinajstić information content (AvgIpc) is 3.25. The Bertz CT molecular complexity index is 1070. The summed E-state index contributed by atoms with van der Waals surface area (Å²) in [5.74, 6) is 0.427. The molecule has 2 aromatic heterocycles. The maximum absolute atomic E-state index is 13.0. The first-order valence-electron chi connectivity index (χ1n) is 9.79. The molecule has 10 heteroatoms. The van der Waals surface area contributed by atoms with Crippen LogP contribution in [0.3, 0.4) is 0 Å². The number of likely N-dealkylation sites (tertiary alicyclic amines) is 1. The third kappa shape index (κ3) is 4.68. The van der Waals surface area contributed by atoms with E-state index in [0.717, 1.165) is 12.1 Å². The van der Waals surface area contributed by atoms with Crippen molar-refractivity contribution in [2.75, 3.05) is 13.1 Å². The topological polar surface area (TPSA) is 73.1 Å². The molecule has 0 aliphatic carbocycles. The van der Waals surface area contributed by atoms with Gasteiger partial charge in [0.05, 0.1) is 23.5 Å². The molecule has 1 saturated heterocycles. The number of aryl methyl sites for hydroxylation is 1. The molecule has 0 spiro atoms. The second kappa shape index (κ2) is 8.37. The van der Waals surface area contributed by atoms with Crippen molar-refractivity contribution in [2.24, 2.45) is 0 Å². The number of carbonyl (C=O) groups excluding carboxylic acids is 1. The molecule has 0 unspecified atom stereocenters. The summed E-state index contributed by atoms with van der Waals surface area (Å²) in [6.07, 6.45) is -0.310. The van der Waals surface area contributed by atoms with E-state index in [-0.39, 0.29) is 6.04 Å². The van der Waals surface area contributed by atoms with Crippen molar-refractivity contribution in [3.8, 4) is 17.0 Å². The third-order valence-corrected chi connectivity index (χ3v) is 5.25. The number of piperidine rings is 1. The molecule has 0 N–H and O–H groups in total. The Kier molecular flexibility index (Phi) is 5.62. The van der Waals surface area contributed by atoms with Gasteiger partial charge in [-0.3, -0.25) is 4.98 Å². The Hall–Kier alpha value is -3.43. The molecule has 162 valence electrons. The standard InChI is InChI=1S/C21H20F3N5O2/c1-14-19(6-3-9-25-14)31-20(30)28-10-7-17(8-11-28)29-13-18(26-27-29)15-4-2-5-16(12-15)21(22,23)24/h2-6,9,12-13,17H,7-8,10-11H2,1H3. The number of benzene rings is 1. The number of carbonyl (C=O) groups is 1. The zero-order valence-corrected chi connectivity index (χ0v) is 16.7. The third-order valence-electron chi connectivity index (χ3n) is 5.25. The predicted molar refractivity (Wildman–Crippen MR) is 105 cm³/mol. The number of aromatic nitrogens is 4. The van der Waals surface area contributed by atoms with Gasteiger partial charge in [0.2, 0.25) is 0 Å². The first-order valence-corrected chi connectivity index (χ1v) is 9.79. The minimum atomic E-state index is -4.41. The Labute approximate surface area is 176 Å².